The van der Waals surface area contributed by atoms with Gasteiger partial charge in [0.15, 0.2) is 5.65 Å². The third-order valence-corrected chi connectivity index (χ3v) is 4.71. The highest BCUT2D eigenvalue weighted by molar-refractivity contribution is 6.07. The van der Waals surface area contributed by atoms with Crippen LogP contribution in [0.4, 0.5) is 11.4 Å². The highest BCUT2D eigenvalue weighted by atomic mass is 16.6. The zero-order chi connectivity index (χ0) is 22.0. The Bertz CT molecular complexity index is 1300. The minimum Gasteiger partial charge on any atom is -0.321 e. The van der Waals surface area contributed by atoms with Crippen LogP contribution in [0.5, 0.6) is 0 Å². The fourth-order valence-corrected chi connectivity index (χ4v) is 3.02. The number of benzene rings is 1. The van der Waals surface area contributed by atoms with E-state index in [1.165, 1.54) is 61.3 Å². The van der Waals surface area contributed by atoms with Crippen molar-refractivity contribution in [3.8, 4) is 0 Å². The van der Waals surface area contributed by atoms with Gasteiger partial charge in [-0.15, -0.1) is 0 Å². The van der Waals surface area contributed by atoms with Gasteiger partial charge in [-0.1, -0.05) is 6.92 Å². The Morgan fingerprint density at radius 1 is 1.20 bits per heavy atom. The van der Waals surface area contributed by atoms with E-state index in [1.807, 2.05) is 6.92 Å². The molecule has 0 radical (unpaired) electrons. The summed E-state index contributed by atoms with van der Waals surface area (Å²) in [7, 11) is 2.87. The van der Waals surface area contributed by atoms with E-state index in [-0.39, 0.29) is 16.7 Å². The summed E-state index contributed by atoms with van der Waals surface area (Å²) < 4.78 is 2.21. The number of nitrogens with zero attached hydrogens (tertiary/aromatic N) is 4. The molecule has 1 aromatic carbocycles. The molecule has 0 spiro atoms. The van der Waals surface area contributed by atoms with Gasteiger partial charge in [0.05, 0.1) is 10.6 Å². The standard InChI is InChI=1S/C20H19N5O5/c1-4-13-11-21-18-16(19(27)24(3)20(28)23(18)2)17(13)22-15(26)10-7-12-5-8-14(9-6-12)25(29)30/h5-11H,4H2,1-3H3,(H,21,22,26)/b10-7-. The van der Waals surface area contributed by atoms with Crippen LogP contribution < -0.4 is 16.6 Å². The number of anilines is 1. The average molecular weight is 409 g/mol. The van der Waals surface area contributed by atoms with Crippen LogP contribution in [-0.4, -0.2) is 24.9 Å². The fraction of sp³-hybridized carbons (Fsp3) is 0.200. The molecule has 0 aliphatic carbocycles. The number of fused-ring (bicyclic) bond motifs is 1. The molecule has 1 amide bonds. The van der Waals surface area contributed by atoms with Gasteiger partial charge in [0.2, 0.25) is 5.91 Å². The quantitative estimate of drug-likeness (QED) is 0.388. The number of hydrogen-bond acceptors (Lipinski definition) is 6. The molecule has 0 fully saturated rings. The summed E-state index contributed by atoms with van der Waals surface area (Å²) in [5, 5.41) is 13.6. The summed E-state index contributed by atoms with van der Waals surface area (Å²) >= 11 is 0. The van der Waals surface area contributed by atoms with Gasteiger partial charge in [-0.2, -0.15) is 0 Å². The number of nitro benzene ring substituents is 1. The van der Waals surface area contributed by atoms with Crippen molar-refractivity contribution in [1.29, 1.82) is 0 Å². The summed E-state index contributed by atoms with van der Waals surface area (Å²) in [5.74, 6) is -0.494. The van der Waals surface area contributed by atoms with Crippen LogP contribution in [0.15, 0.2) is 46.1 Å². The molecule has 2 heterocycles. The van der Waals surface area contributed by atoms with Crippen LogP contribution in [0, 0.1) is 10.1 Å². The van der Waals surface area contributed by atoms with Crippen molar-refractivity contribution in [3.05, 3.63) is 78.6 Å². The number of nitro groups is 1. The van der Waals surface area contributed by atoms with Gasteiger partial charge in [0.1, 0.15) is 5.39 Å². The third-order valence-electron chi connectivity index (χ3n) is 4.71. The van der Waals surface area contributed by atoms with Crippen molar-refractivity contribution in [2.75, 3.05) is 5.32 Å². The van der Waals surface area contributed by atoms with E-state index in [0.717, 1.165) is 4.57 Å². The first kappa shape index (κ1) is 20.6. The second kappa shape index (κ2) is 8.11. The van der Waals surface area contributed by atoms with Gasteiger partial charge in [-0.05, 0) is 35.8 Å². The van der Waals surface area contributed by atoms with Crippen molar-refractivity contribution < 1.29 is 9.72 Å². The van der Waals surface area contributed by atoms with Crippen LogP contribution in [0.25, 0.3) is 17.1 Å². The van der Waals surface area contributed by atoms with Crippen molar-refractivity contribution in [3.63, 3.8) is 0 Å². The SMILES string of the molecule is CCc1cnc2c(c1NC(=O)/C=C\c1ccc([N+](=O)[O-])cc1)c(=O)n(C)c(=O)n2C. The average Bonchev–Trinajstić information content (AvgIpc) is 2.74. The molecule has 154 valence electrons. The zero-order valence-electron chi connectivity index (χ0n) is 16.6. The maximum absolute atomic E-state index is 12.7. The monoisotopic (exact) mass is 409 g/mol. The number of carbonyl (C=O) groups excluding carboxylic acids is 1. The first-order valence-electron chi connectivity index (χ1n) is 9.05. The number of amides is 1. The number of aryl methyl sites for hydroxylation is 2. The molecule has 10 heteroatoms. The summed E-state index contributed by atoms with van der Waals surface area (Å²) in [6, 6.07) is 5.72. The largest absolute Gasteiger partial charge is 0.332 e. The smallest absolute Gasteiger partial charge is 0.321 e. The summed E-state index contributed by atoms with van der Waals surface area (Å²) in [6.45, 7) is 1.86. The van der Waals surface area contributed by atoms with Gasteiger partial charge in [-0.3, -0.25) is 28.8 Å². The Balaban J connectivity index is 2.00. The molecule has 30 heavy (non-hydrogen) atoms. The van der Waals surface area contributed by atoms with E-state index in [4.69, 9.17) is 0 Å². The lowest BCUT2D eigenvalue weighted by Crippen LogP contribution is -2.37. The molecule has 0 saturated heterocycles. The van der Waals surface area contributed by atoms with Crippen LogP contribution >= 0.6 is 0 Å². The van der Waals surface area contributed by atoms with E-state index in [2.05, 4.69) is 10.3 Å². The van der Waals surface area contributed by atoms with Gasteiger partial charge >= 0.3 is 5.69 Å². The van der Waals surface area contributed by atoms with E-state index in [0.29, 0.717) is 23.2 Å². The predicted molar refractivity (Wildman–Crippen MR) is 112 cm³/mol. The van der Waals surface area contributed by atoms with Gasteiger partial charge < -0.3 is 5.32 Å². The van der Waals surface area contributed by atoms with Crippen LogP contribution in [0.2, 0.25) is 0 Å². The lowest BCUT2D eigenvalue weighted by atomic mass is 10.1. The first-order chi connectivity index (χ1) is 14.2. The number of hydrogen-bond donors (Lipinski definition) is 1. The van der Waals surface area contributed by atoms with Crippen LogP contribution in [-0.2, 0) is 25.3 Å². The second-order valence-corrected chi connectivity index (χ2v) is 6.59. The molecule has 1 N–H and O–H groups in total. The van der Waals surface area contributed by atoms with Crippen molar-refractivity contribution in [2.24, 2.45) is 14.1 Å². The minimum absolute atomic E-state index is 0.0473. The Hall–Kier alpha value is -4.08. The van der Waals surface area contributed by atoms with E-state index in [1.54, 1.807) is 0 Å². The number of carbonyl (C=O) groups is 1. The van der Waals surface area contributed by atoms with E-state index >= 15 is 0 Å². The van der Waals surface area contributed by atoms with Crippen molar-refractivity contribution >= 4 is 34.4 Å². The topological polar surface area (TPSA) is 129 Å². The molecule has 0 unspecified atom stereocenters. The van der Waals surface area contributed by atoms with Gasteiger partial charge in [0.25, 0.3) is 11.2 Å². The number of rotatable bonds is 5. The minimum atomic E-state index is -0.550. The molecule has 0 saturated carbocycles. The molecule has 0 bridgehead atoms. The summed E-state index contributed by atoms with van der Waals surface area (Å²) in [5.41, 5.74) is 0.616. The molecule has 10 nitrogen and oxygen atoms in total. The number of pyridine rings is 1. The Morgan fingerprint density at radius 2 is 1.87 bits per heavy atom. The molecular formula is C20H19N5O5. The third kappa shape index (κ3) is 3.75. The molecule has 0 aliphatic rings. The lowest BCUT2D eigenvalue weighted by Gasteiger charge is -2.14. The summed E-state index contributed by atoms with van der Waals surface area (Å²) in [6.07, 6.45) is 4.80. The number of non-ortho nitro benzene ring substituents is 1. The van der Waals surface area contributed by atoms with E-state index < -0.39 is 22.1 Å². The Kier molecular flexibility index (Phi) is 5.58. The molecule has 3 rings (SSSR count). The molecule has 0 atom stereocenters. The first-order valence-corrected chi connectivity index (χ1v) is 9.05. The maximum Gasteiger partial charge on any atom is 0.332 e. The van der Waals surface area contributed by atoms with E-state index in [9.17, 15) is 24.5 Å². The Morgan fingerprint density at radius 3 is 2.47 bits per heavy atom. The second-order valence-electron chi connectivity index (χ2n) is 6.59. The number of aromatic nitrogens is 3. The predicted octanol–water partition coefficient (Wildman–Crippen LogP) is 1.75. The summed E-state index contributed by atoms with van der Waals surface area (Å²) in [4.78, 5) is 51.8. The highest BCUT2D eigenvalue weighted by Gasteiger charge is 2.17. The van der Waals surface area contributed by atoms with Crippen LogP contribution in [0.3, 0.4) is 0 Å². The maximum atomic E-state index is 12.7. The van der Waals surface area contributed by atoms with Crippen molar-refractivity contribution in [2.45, 2.75) is 13.3 Å². The molecule has 0 aliphatic heterocycles. The van der Waals surface area contributed by atoms with Crippen molar-refractivity contribution in [1.82, 2.24) is 14.1 Å². The molecule has 3 aromatic rings. The fourth-order valence-electron chi connectivity index (χ4n) is 3.02. The Labute approximate surface area is 170 Å². The normalized spacial score (nSPS) is 11.2. The molecular weight excluding hydrogens is 390 g/mol. The van der Waals surface area contributed by atoms with Gasteiger partial charge in [-0.25, -0.2) is 9.78 Å². The lowest BCUT2D eigenvalue weighted by molar-refractivity contribution is -0.384. The van der Waals surface area contributed by atoms with Gasteiger partial charge in [0, 0.05) is 38.5 Å². The molecule has 2 aromatic heterocycles. The van der Waals surface area contributed by atoms with Crippen LogP contribution in [0.1, 0.15) is 18.1 Å². The number of nitrogens with one attached hydrogen (secondary N) is 1. The zero-order valence-corrected chi connectivity index (χ0v) is 16.6. The highest BCUT2D eigenvalue weighted by Crippen LogP contribution is 2.23.